The maximum atomic E-state index is 13.7. The van der Waals surface area contributed by atoms with Gasteiger partial charge in [-0.1, -0.05) is 50.1 Å². The largest absolute Gasteiger partial charge is 0.482 e. The molecule has 3 fully saturated rings. The fraction of sp³-hybridized carbons (Fsp3) is 0.519. The first-order chi connectivity index (χ1) is 16.0. The van der Waals surface area contributed by atoms with Crippen LogP contribution < -0.4 is 4.74 Å². The minimum atomic E-state index is -0.0794. The van der Waals surface area contributed by atoms with Crippen molar-refractivity contribution >= 4 is 11.8 Å². The summed E-state index contributed by atoms with van der Waals surface area (Å²) in [6.07, 6.45) is 9.22. The molecular weight excluding hydrogens is 414 g/mol. The normalized spacial score (nSPS) is 30.6. The highest BCUT2D eigenvalue weighted by molar-refractivity contribution is 5.80. The van der Waals surface area contributed by atoms with Crippen LogP contribution in [0.5, 0.6) is 5.75 Å². The first-order valence-electron chi connectivity index (χ1n) is 12.2. The zero-order valence-corrected chi connectivity index (χ0v) is 19.5. The van der Waals surface area contributed by atoms with Crippen LogP contribution in [0.3, 0.4) is 0 Å². The Bertz CT molecular complexity index is 998. The summed E-state index contributed by atoms with van der Waals surface area (Å²) in [5.74, 6) is 0.740. The number of likely N-dealkylation sites (tertiary alicyclic amines) is 2. The van der Waals surface area contributed by atoms with Crippen molar-refractivity contribution in [2.24, 2.45) is 5.41 Å². The van der Waals surface area contributed by atoms with Crippen LogP contribution in [0.4, 0.5) is 0 Å². The number of benzene rings is 1. The molecule has 5 atom stereocenters. The number of nitrogens with zero attached hydrogens (tertiary/aromatic N) is 3. The number of hydrogen-bond acceptors (Lipinski definition) is 4. The van der Waals surface area contributed by atoms with Gasteiger partial charge < -0.3 is 14.5 Å². The molecule has 0 spiro atoms. The molecule has 2 amide bonds. The van der Waals surface area contributed by atoms with E-state index >= 15 is 0 Å². The van der Waals surface area contributed by atoms with Gasteiger partial charge in [-0.2, -0.15) is 0 Å². The average molecular weight is 448 g/mol. The topological polar surface area (TPSA) is 62.7 Å². The Labute approximate surface area is 195 Å². The number of rotatable bonds is 5. The van der Waals surface area contributed by atoms with Crippen molar-refractivity contribution in [3.63, 3.8) is 0 Å². The third-order valence-electron chi connectivity index (χ3n) is 8.14. The van der Waals surface area contributed by atoms with E-state index in [1.54, 1.807) is 25.4 Å². The monoisotopic (exact) mass is 447 g/mol. The zero-order chi connectivity index (χ0) is 23.0. The van der Waals surface area contributed by atoms with Crippen LogP contribution in [0, 0.1) is 5.41 Å². The van der Waals surface area contributed by atoms with Crippen LogP contribution in [0.1, 0.15) is 51.5 Å². The summed E-state index contributed by atoms with van der Waals surface area (Å²) in [5.41, 5.74) is 1.12. The quantitative estimate of drug-likeness (QED) is 0.698. The molecule has 3 heterocycles. The molecule has 1 aromatic heterocycles. The lowest BCUT2D eigenvalue weighted by molar-refractivity contribution is -0.143. The first-order valence-corrected chi connectivity index (χ1v) is 12.2. The Morgan fingerprint density at radius 3 is 2.45 bits per heavy atom. The summed E-state index contributed by atoms with van der Waals surface area (Å²) in [6, 6.07) is 14.3. The van der Waals surface area contributed by atoms with E-state index < -0.39 is 0 Å². The lowest BCUT2D eigenvalue weighted by Gasteiger charge is -2.50. The molecule has 1 aliphatic carbocycles. The molecule has 2 bridgehead atoms. The Kier molecular flexibility index (Phi) is 5.85. The molecule has 0 unspecified atom stereocenters. The molecule has 6 heteroatoms. The van der Waals surface area contributed by atoms with Crippen molar-refractivity contribution in [1.82, 2.24) is 14.8 Å². The van der Waals surface area contributed by atoms with Crippen LogP contribution in [0.15, 0.2) is 54.9 Å². The van der Waals surface area contributed by atoms with E-state index in [1.807, 2.05) is 24.3 Å². The molecule has 6 nitrogen and oxygen atoms in total. The third-order valence-corrected chi connectivity index (χ3v) is 8.14. The molecule has 33 heavy (non-hydrogen) atoms. The molecular formula is C27H33N3O3. The van der Waals surface area contributed by atoms with E-state index in [-0.39, 0.29) is 48.0 Å². The van der Waals surface area contributed by atoms with Crippen LogP contribution in [0.25, 0.3) is 0 Å². The van der Waals surface area contributed by atoms with Gasteiger partial charge in [-0.15, -0.1) is 0 Å². The van der Waals surface area contributed by atoms with E-state index in [1.165, 1.54) is 5.56 Å². The van der Waals surface area contributed by atoms with Crippen molar-refractivity contribution in [2.75, 3.05) is 6.61 Å². The smallest absolute Gasteiger partial charge is 0.261 e. The van der Waals surface area contributed by atoms with E-state index in [4.69, 9.17) is 4.74 Å². The van der Waals surface area contributed by atoms with Gasteiger partial charge in [0.1, 0.15) is 5.75 Å². The van der Waals surface area contributed by atoms with Gasteiger partial charge in [-0.3, -0.25) is 14.6 Å². The number of ether oxygens (including phenoxy) is 1. The van der Waals surface area contributed by atoms with Crippen molar-refractivity contribution in [3.05, 3.63) is 60.4 Å². The summed E-state index contributed by atoms with van der Waals surface area (Å²) in [6.45, 7) is 4.01. The van der Waals surface area contributed by atoms with Gasteiger partial charge in [0.2, 0.25) is 5.91 Å². The van der Waals surface area contributed by atoms with Gasteiger partial charge in [-0.25, -0.2) is 0 Å². The van der Waals surface area contributed by atoms with Gasteiger partial charge in [0, 0.05) is 30.6 Å². The average Bonchev–Trinajstić information content (AvgIpc) is 2.97. The lowest BCUT2D eigenvalue weighted by atomic mass is 9.69. The van der Waals surface area contributed by atoms with Crippen LogP contribution >= 0.6 is 0 Å². The van der Waals surface area contributed by atoms with Crippen LogP contribution in [0.2, 0.25) is 0 Å². The second kappa shape index (κ2) is 8.81. The van der Waals surface area contributed by atoms with Gasteiger partial charge in [0.15, 0.2) is 6.61 Å². The minimum Gasteiger partial charge on any atom is -0.482 e. The number of carbonyl (C=O) groups is 2. The fourth-order valence-corrected chi connectivity index (χ4v) is 6.81. The number of hydrogen-bond donors (Lipinski definition) is 0. The van der Waals surface area contributed by atoms with Gasteiger partial charge in [-0.05, 0) is 43.4 Å². The Hall–Kier alpha value is -2.89. The van der Waals surface area contributed by atoms with E-state index in [0.717, 1.165) is 38.5 Å². The summed E-state index contributed by atoms with van der Waals surface area (Å²) in [7, 11) is 0. The van der Waals surface area contributed by atoms with Crippen LogP contribution in [-0.4, -0.2) is 57.4 Å². The Morgan fingerprint density at radius 1 is 1.06 bits per heavy atom. The molecule has 174 valence electrons. The summed E-state index contributed by atoms with van der Waals surface area (Å²) < 4.78 is 5.82. The number of aromatic nitrogens is 1. The predicted molar refractivity (Wildman–Crippen MR) is 126 cm³/mol. The van der Waals surface area contributed by atoms with Gasteiger partial charge >= 0.3 is 0 Å². The molecule has 1 aromatic carbocycles. The molecule has 2 aliphatic heterocycles. The van der Waals surface area contributed by atoms with Crippen molar-refractivity contribution in [3.8, 4) is 5.75 Å². The maximum Gasteiger partial charge on any atom is 0.261 e. The highest BCUT2D eigenvalue weighted by atomic mass is 16.5. The van der Waals surface area contributed by atoms with E-state index in [9.17, 15) is 9.59 Å². The zero-order valence-electron chi connectivity index (χ0n) is 19.5. The number of carbonyl (C=O) groups excluding carboxylic acids is 2. The summed E-state index contributed by atoms with van der Waals surface area (Å²) >= 11 is 0. The molecule has 1 saturated carbocycles. The Morgan fingerprint density at radius 2 is 1.79 bits per heavy atom. The molecule has 5 rings (SSSR count). The predicted octanol–water partition coefficient (Wildman–Crippen LogP) is 3.85. The van der Waals surface area contributed by atoms with Gasteiger partial charge in [0.05, 0.1) is 18.3 Å². The van der Waals surface area contributed by atoms with Crippen molar-refractivity contribution < 1.29 is 14.3 Å². The molecule has 2 aromatic rings. The Balaban J connectivity index is 1.49. The molecule has 0 radical (unpaired) electrons. The highest BCUT2D eigenvalue weighted by Crippen LogP contribution is 2.55. The standard InChI is InChI=1S/C27H33N3O3/c1-19(31)29-22(15-20-9-4-3-5-10-20)23-16-27(2)24(29)12-6-7-13-25(27)30(23)26(32)18-33-21-11-8-14-28-17-21/h3-5,8-11,14,17,22-25H,6-7,12-13,15-16,18H2,1-2H3/t22-,23-,24+,25-,27+/m0/s1. The number of piperidine rings is 1. The summed E-state index contributed by atoms with van der Waals surface area (Å²) in [4.78, 5) is 35.1. The fourth-order valence-electron chi connectivity index (χ4n) is 6.81. The second-order valence-electron chi connectivity index (χ2n) is 10.1. The number of pyridine rings is 1. The lowest BCUT2D eigenvalue weighted by Crippen LogP contribution is -2.61. The van der Waals surface area contributed by atoms with E-state index in [0.29, 0.717) is 5.75 Å². The highest BCUT2D eigenvalue weighted by Gasteiger charge is 2.63. The van der Waals surface area contributed by atoms with Crippen molar-refractivity contribution in [2.45, 2.75) is 76.5 Å². The molecule has 0 N–H and O–H groups in total. The minimum absolute atomic E-state index is 0.00241. The van der Waals surface area contributed by atoms with Crippen molar-refractivity contribution in [1.29, 1.82) is 0 Å². The molecule has 2 saturated heterocycles. The molecule has 3 aliphatic rings. The number of fused-ring (bicyclic) bond motifs is 1. The summed E-state index contributed by atoms with van der Waals surface area (Å²) in [5, 5.41) is 0. The number of amides is 2. The SMILES string of the molecule is CC(=O)N1[C@@H](Cc2ccccc2)[C@@H]2C[C@@]3(C)[C@H](CCCC[C@@H]13)N2C(=O)COc1cccnc1. The second-order valence-corrected chi connectivity index (χ2v) is 10.1. The van der Waals surface area contributed by atoms with E-state index in [2.05, 4.69) is 33.8 Å². The first kappa shape index (κ1) is 21.9. The van der Waals surface area contributed by atoms with Crippen LogP contribution in [-0.2, 0) is 16.0 Å². The van der Waals surface area contributed by atoms with Gasteiger partial charge in [0.25, 0.3) is 5.91 Å². The maximum absolute atomic E-state index is 13.7. The third kappa shape index (κ3) is 3.90.